The summed E-state index contributed by atoms with van der Waals surface area (Å²) in [6.07, 6.45) is -7.29. The van der Waals surface area contributed by atoms with Crippen molar-refractivity contribution in [2.45, 2.75) is 101 Å². The van der Waals surface area contributed by atoms with Gasteiger partial charge < -0.3 is 52.7 Å². The molecule has 4 aromatic rings. The molecule has 7 rings (SSSR count). The lowest BCUT2D eigenvalue weighted by Gasteiger charge is -2.52. The van der Waals surface area contributed by atoms with Crippen LogP contribution in [-0.2, 0) is 76.8 Å². The van der Waals surface area contributed by atoms with Crippen LogP contribution in [0.1, 0.15) is 42.4 Å². The van der Waals surface area contributed by atoms with Crippen molar-refractivity contribution in [2.75, 3.05) is 19.8 Å². The Labute approximate surface area is 350 Å². The number of fused-ring (bicyclic) bond motifs is 1. The average molecular weight is 824 g/mol. The summed E-state index contributed by atoms with van der Waals surface area (Å²) in [5.74, 6) is -0.841. The van der Waals surface area contributed by atoms with Crippen LogP contribution < -0.4 is 5.32 Å². The first kappa shape index (κ1) is 43.3. The largest absolute Gasteiger partial charge is 0.463 e. The number of amides is 1. The number of nitrogens with one attached hydrogen (secondary N) is 1. The average Bonchev–Trinajstić information content (AvgIpc) is 3.27. The highest BCUT2D eigenvalue weighted by atomic mass is 16.8. The minimum Gasteiger partial charge on any atom is -0.463 e. The van der Waals surface area contributed by atoms with Crippen molar-refractivity contribution in [1.82, 2.24) is 5.32 Å². The van der Waals surface area contributed by atoms with E-state index in [1.807, 2.05) is 121 Å². The zero-order valence-electron chi connectivity index (χ0n) is 33.8. The molecule has 3 aliphatic rings. The molecule has 0 aliphatic carbocycles. The van der Waals surface area contributed by atoms with E-state index in [0.29, 0.717) is 0 Å². The van der Waals surface area contributed by atoms with Crippen LogP contribution in [0.3, 0.4) is 0 Å². The highest BCUT2D eigenvalue weighted by Gasteiger charge is 2.56. The Morgan fingerprint density at radius 3 is 1.77 bits per heavy atom. The van der Waals surface area contributed by atoms with E-state index in [9.17, 15) is 9.59 Å². The Balaban J connectivity index is 1.29. The van der Waals surface area contributed by atoms with E-state index in [1.165, 1.54) is 13.8 Å². The molecule has 0 aromatic heterocycles. The van der Waals surface area contributed by atoms with Gasteiger partial charge in [-0.1, -0.05) is 127 Å². The van der Waals surface area contributed by atoms with Crippen LogP contribution in [0.5, 0.6) is 0 Å². The predicted octanol–water partition coefficient (Wildman–Crippen LogP) is 5.96. The van der Waals surface area contributed by atoms with Gasteiger partial charge in [-0.05, 0) is 16.7 Å². The molecular formula is C47H53NO12. The van der Waals surface area contributed by atoms with Crippen molar-refractivity contribution in [3.8, 4) is 0 Å². The van der Waals surface area contributed by atoms with Crippen molar-refractivity contribution >= 4 is 11.9 Å². The molecule has 1 unspecified atom stereocenters. The van der Waals surface area contributed by atoms with Crippen molar-refractivity contribution in [1.29, 1.82) is 0 Å². The van der Waals surface area contributed by atoms with Crippen LogP contribution in [0.15, 0.2) is 134 Å². The maximum Gasteiger partial charge on any atom is 0.302 e. The van der Waals surface area contributed by atoms with E-state index in [1.54, 1.807) is 6.08 Å². The lowest BCUT2D eigenvalue weighted by molar-refractivity contribution is -0.383. The van der Waals surface area contributed by atoms with Gasteiger partial charge in [0.15, 0.2) is 18.9 Å². The van der Waals surface area contributed by atoms with Crippen molar-refractivity contribution in [2.24, 2.45) is 0 Å². The SMILES string of the molecule is C=CCO[C@H]1O[C@@H]2COC(c3ccccc3)O[C@H]2[C@H](O[C@H]2O[C@H](COC(C)=O)[C@H](OCc3ccccc3)[C@H](OCc3ccccc3)[C@H]2OCc2ccccc2)[C@H]1NC(C)=O. The summed E-state index contributed by atoms with van der Waals surface area (Å²) in [5, 5.41) is 3.01. The molecule has 13 nitrogen and oxygen atoms in total. The summed E-state index contributed by atoms with van der Waals surface area (Å²) in [4.78, 5) is 25.3. The highest BCUT2D eigenvalue weighted by molar-refractivity contribution is 5.73. The standard InChI is InChI=1S/C47H53NO12/c1-4-25-51-46-39(48-31(2)49)42(41-38(57-46)30-56-45(59-41)36-23-15-8-16-24-36)60-47-44(55-28-35-21-13-7-14-22-35)43(54-27-34-19-11-6-12-20-34)40(37(58-47)29-52-32(3)50)53-26-33-17-9-5-10-18-33/h4-24,37-47H,1,25-30H2,2-3H3,(H,48,49)/t37-,38-,39-,40+,41-,42-,43+,44-,45?,46+,47-/m1/s1. The van der Waals surface area contributed by atoms with Crippen molar-refractivity contribution in [3.05, 3.63) is 156 Å². The lowest BCUT2D eigenvalue weighted by Crippen LogP contribution is -2.70. The lowest BCUT2D eigenvalue weighted by atomic mass is 9.94. The fourth-order valence-corrected chi connectivity index (χ4v) is 7.55. The fourth-order valence-electron chi connectivity index (χ4n) is 7.55. The Kier molecular flexibility index (Phi) is 15.6. The van der Waals surface area contributed by atoms with E-state index in [0.717, 1.165) is 22.3 Å². The van der Waals surface area contributed by atoms with Crippen molar-refractivity contribution < 1.29 is 57.0 Å². The van der Waals surface area contributed by atoms with Gasteiger partial charge in [0.25, 0.3) is 0 Å². The van der Waals surface area contributed by atoms with Gasteiger partial charge in [0.2, 0.25) is 5.91 Å². The highest BCUT2D eigenvalue weighted by Crippen LogP contribution is 2.39. The number of carbonyl (C=O) groups is 2. The molecule has 0 bridgehead atoms. The van der Waals surface area contributed by atoms with Gasteiger partial charge in [-0.15, -0.1) is 6.58 Å². The molecule has 1 N–H and O–H groups in total. The molecule has 1 amide bonds. The maximum atomic E-state index is 12.9. The normalized spacial score (nSPS) is 28.9. The molecule has 3 aliphatic heterocycles. The topological polar surface area (TPSA) is 138 Å². The second-order valence-electron chi connectivity index (χ2n) is 14.8. The summed E-state index contributed by atoms with van der Waals surface area (Å²) in [6.45, 7) is 7.21. The summed E-state index contributed by atoms with van der Waals surface area (Å²) < 4.78 is 65.4. The predicted molar refractivity (Wildman–Crippen MR) is 218 cm³/mol. The number of hydrogen-bond acceptors (Lipinski definition) is 12. The fraction of sp³-hybridized carbons (Fsp3) is 0.404. The molecule has 4 aromatic carbocycles. The first-order valence-electron chi connectivity index (χ1n) is 20.2. The Morgan fingerprint density at radius 2 is 1.22 bits per heavy atom. The van der Waals surface area contributed by atoms with E-state index in [2.05, 4.69) is 11.9 Å². The molecule has 0 saturated carbocycles. The van der Waals surface area contributed by atoms with E-state index in [4.69, 9.17) is 47.4 Å². The summed E-state index contributed by atoms with van der Waals surface area (Å²) in [6, 6.07) is 37.8. The smallest absolute Gasteiger partial charge is 0.302 e. The summed E-state index contributed by atoms with van der Waals surface area (Å²) in [5.41, 5.74) is 3.54. The quantitative estimate of drug-likeness (QED) is 0.0936. The molecule has 3 saturated heterocycles. The summed E-state index contributed by atoms with van der Waals surface area (Å²) >= 11 is 0. The van der Waals surface area contributed by atoms with Crippen LogP contribution in [0, 0.1) is 0 Å². The molecule has 3 heterocycles. The van der Waals surface area contributed by atoms with E-state index in [-0.39, 0.29) is 45.5 Å². The van der Waals surface area contributed by atoms with E-state index >= 15 is 0 Å². The molecule has 60 heavy (non-hydrogen) atoms. The maximum absolute atomic E-state index is 12.9. The van der Waals surface area contributed by atoms with Gasteiger partial charge in [0, 0.05) is 19.4 Å². The van der Waals surface area contributed by atoms with Gasteiger partial charge in [-0.25, -0.2) is 0 Å². The van der Waals surface area contributed by atoms with Crippen LogP contribution in [0.25, 0.3) is 0 Å². The minimum absolute atomic E-state index is 0.127. The molecule has 13 heteroatoms. The first-order valence-corrected chi connectivity index (χ1v) is 20.2. The zero-order valence-corrected chi connectivity index (χ0v) is 33.8. The van der Waals surface area contributed by atoms with Crippen LogP contribution >= 0.6 is 0 Å². The Morgan fingerprint density at radius 1 is 0.667 bits per heavy atom. The molecule has 318 valence electrons. The third-order valence-electron chi connectivity index (χ3n) is 10.3. The molecule has 3 fully saturated rings. The number of ether oxygens (including phenoxy) is 10. The number of hydrogen-bond donors (Lipinski definition) is 1. The number of rotatable bonds is 18. The number of esters is 1. The monoisotopic (exact) mass is 823 g/mol. The van der Waals surface area contributed by atoms with Crippen LogP contribution in [0.2, 0.25) is 0 Å². The van der Waals surface area contributed by atoms with Crippen LogP contribution in [0.4, 0.5) is 0 Å². The van der Waals surface area contributed by atoms with Gasteiger partial charge in [0.05, 0.1) is 33.0 Å². The second-order valence-corrected chi connectivity index (χ2v) is 14.8. The van der Waals surface area contributed by atoms with Gasteiger partial charge in [-0.3, -0.25) is 9.59 Å². The third kappa shape index (κ3) is 11.5. The minimum atomic E-state index is -1.20. The van der Waals surface area contributed by atoms with Crippen molar-refractivity contribution in [3.63, 3.8) is 0 Å². The molecular weight excluding hydrogens is 771 g/mol. The number of carbonyl (C=O) groups excluding carboxylic acids is 2. The first-order chi connectivity index (χ1) is 29.4. The molecule has 11 atom stereocenters. The molecule has 0 radical (unpaired) electrons. The Bertz CT molecular complexity index is 1920. The Hall–Kier alpha value is -4.80. The third-order valence-corrected chi connectivity index (χ3v) is 10.3. The zero-order chi connectivity index (χ0) is 41.7. The second kappa shape index (κ2) is 21.6. The summed E-state index contributed by atoms with van der Waals surface area (Å²) in [7, 11) is 0. The van der Waals surface area contributed by atoms with Crippen LogP contribution in [-0.4, -0.2) is 93.0 Å². The molecule has 0 spiro atoms. The van der Waals surface area contributed by atoms with E-state index < -0.39 is 73.6 Å². The van der Waals surface area contributed by atoms with Gasteiger partial charge >= 0.3 is 5.97 Å². The van der Waals surface area contributed by atoms with Gasteiger partial charge in [0.1, 0.15) is 55.4 Å². The van der Waals surface area contributed by atoms with Gasteiger partial charge in [-0.2, -0.15) is 0 Å². The number of benzene rings is 4.